The molecule has 1 aromatic carbocycles. The number of halogens is 2. The Balaban J connectivity index is 1.70. The van der Waals surface area contributed by atoms with E-state index >= 15 is 0 Å². The second-order valence-electron chi connectivity index (χ2n) is 6.06. The maximum absolute atomic E-state index is 12.2. The molecule has 1 aromatic heterocycles. The normalized spacial score (nSPS) is 15.5. The van der Waals surface area contributed by atoms with Crippen LogP contribution in [0.25, 0.3) is 5.69 Å². The fraction of sp³-hybridized carbons (Fsp3) is 0.412. The number of hydrogen-bond donors (Lipinski definition) is 1. The van der Waals surface area contributed by atoms with E-state index < -0.39 is 0 Å². The molecule has 128 valence electrons. The third-order valence-corrected chi connectivity index (χ3v) is 4.65. The molecule has 3 rings (SSSR count). The van der Waals surface area contributed by atoms with Crippen LogP contribution in [0.15, 0.2) is 24.3 Å². The second-order valence-corrected chi connectivity index (χ2v) is 6.91. The number of carbonyl (C=O) groups excluding carboxylic acids is 1. The molecule has 0 unspecified atom stereocenters. The maximum Gasteiger partial charge on any atom is 0.239 e. The molecule has 0 bridgehead atoms. The SMILES string of the molecule is Cc1cc(NC(=O)CN2CCCCC2)nn1-c1ccc(Cl)cc1Cl. The summed E-state index contributed by atoms with van der Waals surface area (Å²) in [6, 6.07) is 7.08. The van der Waals surface area contributed by atoms with Crippen LogP contribution in [-0.2, 0) is 4.79 Å². The lowest BCUT2D eigenvalue weighted by Gasteiger charge is -2.25. The van der Waals surface area contributed by atoms with E-state index in [2.05, 4.69) is 15.3 Å². The Hall–Kier alpha value is -1.56. The quantitative estimate of drug-likeness (QED) is 0.891. The lowest BCUT2D eigenvalue weighted by atomic mass is 10.1. The summed E-state index contributed by atoms with van der Waals surface area (Å²) in [6.45, 7) is 4.30. The molecule has 5 nitrogen and oxygen atoms in total. The Labute approximate surface area is 151 Å². The molecular weight excluding hydrogens is 347 g/mol. The predicted octanol–water partition coefficient (Wildman–Crippen LogP) is 3.91. The number of piperidine rings is 1. The first-order valence-corrected chi connectivity index (χ1v) is 8.83. The zero-order chi connectivity index (χ0) is 17.1. The molecular formula is C17H20Cl2N4O. The molecule has 1 fully saturated rings. The molecule has 0 saturated carbocycles. The number of carbonyl (C=O) groups is 1. The summed E-state index contributed by atoms with van der Waals surface area (Å²) in [6.07, 6.45) is 3.58. The van der Waals surface area contributed by atoms with Crippen molar-refractivity contribution in [2.75, 3.05) is 25.0 Å². The fourth-order valence-corrected chi connectivity index (χ4v) is 3.42. The topological polar surface area (TPSA) is 50.2 Å². The highest BCUT2D eigenvalue weighted by Gasteiger charge is 2.16. The van der Waals surface area contributed by atoms with Gasteiger partial charge in [-0.2, -0.15) is 0 Å². The number of anilines is 1. The molecule has 0 radical (unpaired) electrons. The smallest absolute Gasteiger partial charge is 0.239 e. The van der Waals surface area contributed by atoms with Crippen molar-refractivity contribution in [3.8, 4) is 5.69 Å². The highest BCUT2D eigenvalue weighted by molar-refractivity contribution is 6.35. The number of nitrogens with zero attached hydrogens (tertiary/aromatic N) is 3. The van der Waals surface area contributed by atoms with E-state index in [0.29, 0.717) is 22.4 Å². The number of benzene rings is 1. The van der Waals surface area contributed by atoms with Gasteiger partial charge in [0.2, 0.25) is 5.91 Å². The first kappa shape index (κ1) is 17.3. The average Bonchev–Trinajstić information content (AvgIpc) is 2.88. The van der Waals surface area contributed by atoms with Crippen molar-refractivity contribution in [2.24, 2.45) is 0 Å². The minimum Gasteiger partial charge on any atom is -0.308 e. The molecule has 24 heavy (non-hydrogen) atoms. The highest BCUT2D eigenvalue weighted by Crippen LogP contribution is 2.26. The standard InChI is InChI=1S/C17H20Cl2N4O/c1-12-9-16(20-17(24)11-22-7-3-2-4-8-22)21-23(12)15-6-5-13(18)10-14(15)19/h5-6,9-10H,2-4,7-8,11H2,1H3,(H,20,21,24). The van der Waals surface area contributed by atoms with Crippen LogP contribution in [0, 0.1) is 6.92 Å². The Kier molecular flexibility index (Phi) is 5.43. The number of likely N-dealkylation sites (tertiary alicyclic amines) is 1. The van der Waals surface area contributed by atoms with Crippen LogP contribution < -0.4 is 5.32 Å². The van der Waals surface area contributed by atoms with E-state index in [1.54, 1.807) is 16.8 Å². The van der Waals surface area contributed by atoms with Crippen molar-refractivity contribution in [3.05, 3.63) is 40.0 Å². The second kappa shape index (κ2) is 7.55. The summed E-state index contributed by atoms with van der Waals surface area (Å²) in [5.41, 5.74) is 1.61. The van der Waals surface area contributed by atoms with Crippen LogP contribution in [0.5, 0.6) is 0 Å². The van der Waals surface area contributed by atoms with E-state index in [1.165, 1.54) is 6.42 Å². The molecule has 1 amide bonds. The van der Waals surface area contributed by atoms with Gasteiger partial charge in [-0.1, -0.05) is 29.6 Å². The van der Waals surface area contributed by atoms with Crippen LogP contribution >= 0.6 is 23.2 Å². The van der Waals surface area contributed by atoms with Gasteiger partial charge in [-0.15, -0.1) is 5.10 Å². The fourth-order valence-electron chi connectivity index (χ4n) is 2.94. The first-order chi connectivity index (χ1) is 11.5. The lowest BCUT2D eigenvalue weighted by Crippen LogP contribution is -2.36. The molecule has 2 heterocycles. The van der Waals surface area contributed by atoms with Crippen molar-refractivity contribution in [1.29, 1.82) is 0 Å². The van der Waals surface area contributed by atoms with Gasteiger partial charge >= 0.3 is 0 Å². The molecule has 7 heteroatoms. The van der Waals surface area contributed by atoms with Crippen molar-refractivity contribution in [3.63, 3.8) is 0 Å². The summed E-state index contributed by atoms with van der Waals surface area (Å²) in [4.78, 5) is 14.4. The molecule has 0 aliphatic carbocycles. The minimum atomic E-state index is -0.0382. The average molecular weight is 367 g/mol. The van der Waals surface area contributed by atoms with E-state index in [4.69, 9.17) is 23.2 Å². The van der Waals surface area contributed by atoms with Crippen LogP contribution in [0.1, 0.15) is 25.0 Å². The van der Waals surface area contributed by atoms with E-state index in [-0.39, 0.29) is 5.91 Å². The molecule has 1 saturated heterocycles. The lowest BCUT2D eigenvalue weighted by molar-refractivity contribution is -0.117. The van der Waals surface area contributed by atoms with Gasteiger partial charge in [0, 0.05) is 16.8 Å². The first-order valence-electron chi connectivity index (χ1n) is 8.07. The van der Waals surface area contributed by atoms with Crippen molar-refractivity contribution in [1.82, 2.24) is 14.7 Å². The molecule has 1 N–H and O–H groups in total. The molecule has 0 atom stereocenters. The van der Waals surface area contributed by atoms with Crippen LogP contribution in [0.2, 0.25) is 10.0 Å². The predicted molar refractivity (Wildman–Crippen MR) is 97.2 cm³/mol. The van der Waals surface area contributed by atoms with Crippen LogP contribution in [-0.4, -0.2) is 40.2 Å². The van der Waals surface area contributed by atoms with Gasteiger partial charge in [0.1, 0.15) is 0 Å². The third kappa shape index (κ3) is 4.09. The zero-order valence-corrected chi connectivity index (χ0v) is 15.1. The molecule has 0 spiro atoms. The number of rotatable bonds is 4. The Morgan fingerprint density at radius 1 is 1.21 bits per heavy atom. The van der Waals surface area contributed by atoms with Gasteiger partial charge in [-0.05, 0) is 51.1 Å². The van der Waals surface area contributed by atoms with Crippen molar-refractivity contribution in [2.45, 2.75) is 26.2 Å². The maximum atomic E-state index is 12.2. The van der Waals surface area contributed by atoms with E-state index in [0.717, 1.165) is 37.3 Å². The largest absolute Gasteiger partial charge is 0.308 e. The van der Waals surface area contributed by atoms with Gasteiger partial charge in [-0.25, -0.2) is 4.68 Å². The number of hydrogen-bond acceptors (Lipinski definition) is 3. The number of nitrogens with one attached hydrogen (secondary N) is 1. The Bertz CT molecular complexity index is 738. The van der Waals surface area contributed by atoms with Gasteiger partial charge in [0.05, 0.1) is 17.3 Å². The third-order valence-electron chi connectivity index (χ3n) is 4.11. The van der Waals surface area contributed by atoms with Gasteiger partial charge < -0.3 is 5.32 Å². The molecule has 1 aliphatic rings. The molecule has 1 aliphatic heterocycles. The minimum absolute atomic E-state index is 0.0382. The summed E-state index contributed by atoms with van der Waals surface area (Å²) in [5, 5.41) is 8.40. The summed E-state index contributed by atoms with van der Waals surface area (Å²) < 4.78 is 1.70. The number of aromatic nitrogens is 2. The van der Waals surface area contributed by atoms with Crippen molar-refractivity contribution >= 4 is 34.9 Å². The zero-order valence-electron chi connectivity index (χ0n) is 13.6. The summed E-state index contributed by atoms with van der Waals surface area (Å²) in [7, 11) is 0. The number of amides is 1. The highest BCUT2D eigenvalue weighted by atomic mass is 35.5. The van der Waals surface area contributed by atoms with Crippen molar-refractivity contribution < 1.29 is 4.79 Å². The van der Waals surface area contributed by atoms with E-state index in [9.17, 15) is 4.79 Å². The van der Waals surface area contributed by atoms with Gasteiger partial charge in [-0.3, -0.25) is 9.69 Å². The van der Waals surface area contributed by atoms with Crippen LogP contribution in [0.4, 0.5) is 5.82 Å². The molecule has 2 aromatic rings. The monoisotopic (exact) mass is 366 g/mol. The Morgan fingerprint density at radius 3 is 2.67 bits per heavy atom. The van der Waals surface area contributed by atoms with Gasteiger partial charge in [0.25, 0.3) is 0 Å². The van der Waals surface area contributed by atoms with E-state index in [1.807, 2.05) is 19.1 Å². The van der Waals surface area contributed by atoms with Crippen LogP contribution in [0.3, 0.4) is 0 Å². The summed E-state index contributed by atoms with van der Waals surface area (Å²) in [5.74, 6) is 0.490. The summed E-state index contributed by atoms with van der Waals surface area (Å²) >= 11 is 12.2. The van der Waals surface area contributed by atoms with Gasteiger partial charge in [0.15, 0.2) is 5.82 Å². The number of aryl methyl sites for hydroxylation is 1. The Morgan fingerprint density at radius 2 is 1.96 bits per heavy atom.